The van der Waals surface area contributed by atoms with Crippen molar-refractivity contribution in [1.82, 2.24) is 19.8 Å². The van der Waals surface area contributed by atoms with Crippen LogP contribution in [-0.4, -0.2) is 19.8 Å². The van der Waals surface area contributed by atoms with Gasteiger partial charge in [0.15, 0.2) is 11.5 Å². The average molecular weight is 348 g/mol. The highest BCUT2D eigenvalue weighted by atomic mass is 32.2. The molecule has 0 fully saturated rings. The number of fused-ring (bicyclic) bond motifs is 3. The Bertz CT molecular complexity index is 1090. The van der Waals surface area contributed by atoms with Crippen LogP contribution in [0.4, 0.5) is 0 Å². The first kappa shape index (κ1) is 14.1. The molecular weight excluding hydrogens is 336 g/mol. The molecule has 0 atom stereocenters. The van der Waals surface area contributed by atoms with Gasteiger partial charge in [-0.15, -0.1) is 10.2 Å². The zero-order chi connectivity index (χ0) is 16.1. The minimum Gasteiger partial charge on any atom is -0.193 e. The van der Waals surface area contributed by atoms with Gasteiger partial charge in [0.05, 0.1) is 6.20 Å². The van der Waals surface area contributed by atoms with Crippen molar-refractivity contribution in [2.75, 3.05) is 0 Å². The Kier molecular flexibility index (Phi) is 3.14. The first-order valence-electron chi connectivity index (χ1n) is 7.55. The SMILES string of the molecule is Cc1cnn2c(-c3ccc4c(c3)Sc3ccccc3S4)nnc2c1. The first-order chi connectivity index (χ1) is 11.8. The van der Waals surface area contributed by atoms with E-state index in [0.29, 0.717) is 0 Å². The van der Waals surface area contributed by atoms with E-state index in [1.54, 1.807) is 16.3 Å². The first-order valence-corrected chi connectivity index (χ1v) is 9.18. The summed E-state index contributed by atoms with van der Waals surface area (Å²) in [6.45, 7) is 2.01. The monoisotopic (exact) mass is 348 g/mol. The second-order valence-electron chi connectivity index (χ2n) is 5.64. The Labute approximate surface area is 147 Å². The molecule has 0 saturated carbocycles. The molecule has 4 aromatic rings. The van der Waals surface area contributed by atoms with Gasteiger partial charge in [-0.3, -0.25) is 0 Å². The van der Waals surface area contributed by atoms with Crippen molar-refractivity contribution in [2.45, 2.75) is 26.5 Å². The molecule has 1 aliphatic rings. The second kappa shape index (κ2) is 5.36. The number of hydrogen-bond acceptors (Lipinski definition) is 5. The van der Waals surface area contributed by atoms with Crippen molar-refractivity contribution in [3.05, 3.63) is 60.3 Å². The summed E-state index contributed by atoms with van der Waals surface area (Å²) in [5, 5.41) is 13.0. The van der Waals surface area contributed by atoms with Crippen LogP contribution in [0.5, 0.6) is 0 Å². The van der Waals surface area contributed by atoms with Crippen LogP contribution >= 0.6 is 23.5 Å². The highest BCUT2D eigenvalue weighted by molar-refractivity contribution is 8.05. The number of nitrogens with zero attached hydrogens (tertiary/aromatic N) is 4. The van der Waals surface area contributed by atoms with Gasteiger partial charge in [-0.25, -0.2) is 0 Å². The van der Waals surface area contributed by atoms with E-state index in [0.717, 1.165) is 22.6 Å². The lowest BCUT2D eigenvalue weighted by atomic mass is 10.2. The van der Waals surface area contributed by atoms with Crippen molar-refractivity contribution in [1.29, 1.82) is 0 Å². The maximum absolute atomic E-state index is 4.44. The minimum atomic E-state index is 0.773. The number of hydrogen-bond donors (Lipinski definition) is 0. The van der Waals surface area contributed by atoms with E-state index in [1.165, 1.54) is 19.6 Å². The van der Waals surface area contributed by atoms with Crippen molar-refractivity contribution in [3.8, 4) is 11.4 Å². The molecule has 3 heterocycles. The molecule has 2 aromatic heterocycles. The third-order valence-electron chi connectivity index (χ3n) is 3.89. The van der Waals surface area contributed by atoms with Crippen LogP contribution in [0.25, 0.3) is 17.0 Å². The van der Waals surface area contributed by atoms with Crippen molar-refractivity contribution < 1.29 is 0 Å². The molecule has 0 unspecified atom stereocenters. The molecule has 4 nitrogen and oxygen atoms in total. The van der Waals surface area contributed by atoms with Gasteiger partial charge in [0.2, 0.25) is 0 Å². The summed E-state index contributed by atoms with van der Waals surface area (Å²) in [5.41, 5.74) is 2.88. The molecule has 2 aromatic carbocycles. The molecule has 0 N–H and O–H groups in total. The highest BCUT2D eigenvalue weighted by Crippen LogP contribution is 2.49. The Balaban J connectivity index is 1.61. The Morgan fingerprint density at radius 1 is 0.833 bits per heavy atom. The molecule has 6 heteroatoms. The fourth-order valence-electron chi connectivity index (χ4n) is 2.73. The quantitative estimate of drug-likeness (QED) is 0.439. The van der Waals surface area contributed by atoms with Gasteiger partial charge in [0, 0.05) is 25.1 Å². The fourth-order valence-corrected chi connectivity index (χ4v) is 4.99. The lowest BCUT2D eigenvalue weighted by molar-refractivity contribution is 0.926. The summed E-state index contributed by atoms with van der Waals surface area (Å²) in [4.78, 5) is 5.14. The largest absolute Gasteiger partial charge is 0.193 e. The van der Waals surface area contributed by atoms with Crippen molar-refractivity contribution in [2.24, 2.45) is 0 Å². The number of rotatable bonds is 1. The molecule has 0 spiro atoms. The fraction of sp³-hybridized carbons (Fsp3) is 0.0556. The zero-order valence-corrected chi connectivity index (χ0v) is 14.4. The molecular formula is C18H12N4S2. The van der Waals surface area contributed by atoms with Gasteiger partial charge in [-0.2, -0.15) is 9.61 Å². The van der Waals surface area contributed by atoms with Crippen LogP contribution in [0.3, 0.4) is 0 Å². The highest BCUT2D eigenvalue weighted by Gasteiger charge is 2.18. The number of benzene rings is 2. The molecule has 0 saturated heterocycles. The number of aryl methyl sites for hydroxylation is 1. The van der Waals surface area contributed by atoms with Gasteiger partial charge in [0.1, 0.15) is 0 Å². The zero-order valence-electron chi connectivity index (χ0n) is 12.8. The molecule has 0 aliphatic carbocycles. The van der Waals surface area contributed by atoms with E-state index in [9.17, 15) is 0 Å². The summed E-state index contributed by atoms with van der Waals surface area (Å²) in [5.74, 6) is 0.775. The normalized spacial score (nSPS) is 12.9. The van der Waals surface area contributed by atoms with Crippen LogP contribution in [0.2, 0.25) is 0 Å². The van der Waals surface area contributed by atoms with E-state index in [-0.39, 0.29) is 0 Å². The standard InChI is InChI=1S/C18H12N4S2/c1-11-8-17-20-21-18(22(17)19-10-11)12-6-7-15-16(9-12)24-14-5-3-2-4-13(14)23-15/h2-10H,1H3. The molecule has 0 bridgehead atoms. The van der Waals surface area contributed by atoms with Crippen LogP contribution in [0, 0.1) is 6.92 Å². The second-order valence-corrected chi connectivity index (χ2v) is 7.81. The minimum absolute atomic E-state index is 0.773. The van der Waals surface area contributed by atoms with Gasteiger partial charge in [-0.1, -0.05) is 35.7 Å². The molecule has 0 radical (unpaired) electrons. The Hall–Kier alpha value is -2.31. The average Bonchev–Trinajstić information content (AvgIpc) is 3.02. The topological polar surface area (TPSA) is 43.1 Å². The lowest BCUT2D eigenvalue weighted by Gasteiger charge is -2.18. The molecule has 5 rings (SSSR count). The van der Waals surface area contributed by atoms with E-state index < -0.39 is 0 Å². The van der Waals surface area contributed by atoms with Crippen LogP contribution < -0.4 is 0 Å². The third kappa shape index (κ3) is 2.22. The predicted octanol–water partition coefficient (Wildman–Crippen LogP) is 4.72. The Morgan fingerprint density at radius 2 is 1.58 bits per heavy atom. The number of aromatic nitrogens is 4. The van der Waals surface area contributed by atoms with Crippen LogP contribution in [0.1, 0.15) is 5.56 Å². The van der Waals surface area contributed by atoms with E-state index in [2.05, 4.69) is 57.8 Å². The van der Waals surface area contributed by atoms with Crippen LogP contribution in [-0.2, 0) is 0 Å². The van der Waals surface area contributed by atoms with E-state index in [4.69, 9.17) is 0 Å². The Morgan fingerprint density at radius 3 is 2.42 bits per heavy atom. The summed E-state index contributed by atoms with van der Waals surface area (Å²) in [6.07, 6.45) is 1.83. The van der Waals surface area contributed by atoms with Crippen molar-refractivity contribution >= 4 is 29.2 Å². The summed E-state index contributed by atoms with van der Waals surface area (Å²) >= 11 is 3.62. The smallest absolute Gasteiger partial charge is 0.185 e. The molecule has 1 aliphatic heterocycles. The lowest BCUT2D eigenvalue weighted by Crippen LogP contribution is -1.96. The van der Waals surface area contributed by atoms with Crippen LogP contribution in [0.15, 0.2) is 74.3 Å². The maximum atomic E-state index is 4.44. The van der Waals surface area contributed by atoms with Gasteiger partial charge in [0.25, 0.3) is 0 Å². The van der Waals surface area contributed by atoms with E-state index >= 15 is 0 Å². The molecule has 0 amide bonds. The van der Waals surface area contributed by atoms with Crippen molar-refractivity contribution in [3.63, 3.8) is 0 Å². The van der Waals surface area contributed by atoms with Gasteiger partial charge < -0.3 is 0 Å². The van der Waals surface area contributed by atoms with Gasteiger partial charge in [-0.05, 0) is 48.9 Å². The summed E-state index contributed by atoms with van der Waals surface area (Å²) < 4.78 is 1.79. The maximum Gasteiger partial charge on any atom is 0.185 e. The summed E-state index contributed by atoms with van der Waals surface area (Å²) in [6, 6.07) is 16.9. The van der Waals surface area contributed by atoms with Gasteiger partial charge >= 0.3 is 0 Å². The third-order valence-corrected chi connectivity index (χ3v) is 6.43. The molecule has 24 heavy (non-hydrogen) atoms. The van der Waals surface area contributed by atoms with E-state index in [1.807, 2.05) is 30.9 Å². The molecule has 116 valence electrons. The summed E-state index contributed by atoms with van der Waals surface area (Å²) in [7, 11) is 0. The predicted molar refractivity (Wildman–Crippen MR) is 95.6 cm³/mol.